The van der Waals surface area contributed by atoms with Crippen LogP contribution in [0, 0.1) is 12.7 Å². The highest BCUT2D eigenvalue weighted by Crippen LogP contribution is 2.19. The Morgan fingerprint density at radius 2 is 1.88 bits per heavy atom. The van der Waals surface area contributed by atoms with Crippen molar-refractivity contribution in [2.45, 2.75) is 6.92 Å². The molecular formula is C14H10ClFO. The standard InChI is InChI=1S/C14H10ClFO/c1-9-8-10(6-7-12(9)15)14(17)11-4-2-3-5-13(11)16/h2-8H,1H3. The molecule has 0 aliphatic heterocycles. The van der Waals surface area contributed by atoms with E-state index in [-0.39, 0.29) is 11.3 Å². The minimum atomic E-state index is -0.509. The zero-order valence-electron chi connectivity index (χ0n) is 9.21. The number of carbonyl (C=O) groups is 1. The van der Waals surface area contributed by atoms with E-state index in [1.54, 1.807) is 37.3 Å². The Morgan fingerprint density at radius 1 is 1.18 bits per heavy atom. The van der Waals surface area contributed by atoms with E-state index in [1.165, 1.54) is 12.1 Å². The molecule has 2 aromatic rings. The molecule has 0 amide bonds. The lowest BCUT2D eigenvalue weighted by Crippen LogP contribution is -2.04. The highest BCUT2D eigenvalue weighted by Gasteiger charge is 2.13. The summed E-state index contributed by atoms with van der Waals surface area (Å²) < 4.78 is 13.5. The van der Waals surface area contributed by atoms with Crippen LogP contribution in [-0.4, -0.2) is 5.78 Å². The van der Waals surface area contributed by atoms with Crippen LogP contribution < -0.4 is 0 Å². The van der Waals surface area contributed by atoms with Gasteiger partial charge in [-0.15, -0.1) is 0 Å². The second-order valence-electron chi connectivity index (χ2n) is 3.77. The Morgan fingerprint density at radius 3 is 2.53 bits per heavy atom. The molecule has 0 heterocycles. The predicted molar refractivity (Wildman–Crippen MR) is 66.0 cm³/mol. The monoisotopic (exact) mass is 248 g/mol. The molecule has 0 saturated carbocycles. The fraction of sp³-hybridized carbons (Fsp3) is 0.0714. The van der Waals surface area contributed by atoms with Crippen LogP contribution in [0.5, 0.6) is 0 Å². The first kappa shape index (κ1) is 11.8. The number of aryl methyl sites for hydroxylation is 1. The molecule has 1 nitrogen and oxygen atoms in total. The summed E-state index contributed by atoms with van der Waals surface area (Å²) in [6.07, 6.45) is 0. The van der Waals surface area contributed by atoms with Gasteiger partial charge in [-0.2, -0.15) is 0 Å². The van der Waals surface area contributed by atoms with E-state index < -0.39 is 5.82 Å². The first-order valence-corrected chi connectivity index (χ1v) is 5.53. The van der Waals surface area contributed by atoms with Gasteiger partial charge in [0.15, 0.2) is 5.78 Å². The number of rotatable bonds is 2. The minimum absolute atomic E-state index is 0.0780. The Kier molecular flexibility index (Phi) is 3.25. The summed E-state index contributed by atoms with van der Waals surface area (Å²) in [5.74, 6) is -0.840. The molecule has 0 bridgehead atoms. The molecule has 2 rings (SSSR count). The summed E-state index contributed by atoms with van der Waals surface area (Å²) in [5.41, 5.74) is 1.32. The Balaban J connectivity index is 2.44. The average Bonchev–Trinajstić information content (AvgIpc) is 2.32. The number of hydrogen-bond acceptors (Lipinski definition) is 1. The van der Waals surface area contributed by atoms with Gasteiger partial charge in [-0.25, -0.2) is 4.39 Å². The van der Waals surface area contributed by atoms with Gasteiger partial charge in [0, 0.05) is 10.6 Å². The maximum atomic E-state index is 13.5. The van der Waals surface area contributed by atoms with Crippen molar-refractivity contribution in [2.24, 2.45) is 0 Å². The first-order chi connectivity index (χ1) is 8.09. The van der Waals surface area contributed by atoms with Gasteiger partial charge in [0.05, 0.1) is 5.56 Å². The lowest BCUT2D eigenvalue weighted by Gasteiger charge is -2.04. The smallest absolute Gasteiger partial charge is 0.195 e. The zero-order chi connectivity index (χ0) is 12.4. The molecule has 0 aliphatic rings. The van der Waals surface area contributed by atoms with E-state index in [0.717, 1.165) is 5.56 Å². The van der Waals surface area contributed by atoms with Gasteiger partial charge in [0.1, 0.15) is 5.82 Å². The fourth-order valence-electron chi connectivity index (χ4n) is 1.59. The molecule has 0 fully saturated rings. The molecule has 0 aromatic heterocycles. The van der Waals surface area contributed by atoms with Crippen LogP contribution in [0.2, 0.25) is 5.02 Å². The van der Waals surface area contributed by atoms with Gasteiger partial charge in [0.25, 0.3) is 0 Å². The second kappa shape index (κ2) is 4.68. The van der Waals surface area contributed by atoms with Crippen LogP contribution in [-0.2, 0) is 0 Å². The molecule has 17 heavy (non-hydrogen) atoms. The zero-order valence-corrected chi connectivity index (χ0v) is 9.96. The number of hydrogen-bond donors (Lipinski definition) is 0. The Labute approximate surface area is 104 Å². The molecule has 0 saturated heterocycles. The molecule has 0 radical (unpaired) electrons. The minimum Gasteiger partial charge on any atom is -0.288 e. The topological polar surface area (TPSA) is 17.1 Å². The molecule has 0 N–H and O–H groups in total. The third-order valence-electron chi connectivity index (χ3n) is 2.54. The van der Waals surface area contributed by atoms with Gasteiger partial charge < -0.3 is 0 Å². The van der Waals surface area contributed by atoms with Crippen LogP contribution in [0.3, 0.4) is 0 Å². The molecule has 0 spiro atoms. The van der Waals surface area contributed by atoms with Gasteiger partial charge in [0.2, 0.25) is 0 Å². The molecule has 0 aliphatic carbocycles. The third-order valence-corrected chi connectivity index (χ3v) is 2.96. The van der Waals surface area contributed by atoms with E-state index in [1.807, 2.05) is 0 Å². The van der Waals surface area contributed by atoms with Crippen molar-refractivity contribution in [3.8, 4) is 0 Å². The van der Waals surface area contributed by atoms with E-state index >= 15 is 0 Å². The number of carbonyl (C=O) groups excluding carboxylic acids is 1. The normalized spacial score (nSPS) is 10.3. The highest BCUT2D eigenvalue weighted by molar-refractivity contribution is 6.31. The van der Waals surface area contributed by atoms with Gasteiger partial charge in [-0.05, 0) is 42.8 Å². The van der Waals surface area contributed by atoms with Crippen LogP contribution in [0.15, 0.2) is 42.5 Å². The van der Waals surface area contributed by atoms with E-state index in [9.17, 15) is 9.18 Å². The van der Waals surface area contributed by atoms with Crippen LogP contribution in [0.25, 0.3) is 0 Å². The van der Waals surface area contributed by atoms with Gasteiger partial charge >= 0.3 is 0 Å². The SMILES string of the molecule is Cc1cc(C(=O)c2ccccc2F)ccc1Cl. The van der Waals surface area contributed by atoms with Crippen LogP contribution in [0.1, 0.15) is 21.5 Å². The van der Waals surface area contributed by atoms with E-state index in [2.05, 4.69) is 0 Å². The molecule has 2 aromatic carbocycles. The maximum Gasteiger partial charge on any atom is 0.195 e. The molecular weight excluding hydrogens is 239 g/mol. The lowest BCUT2D eigenvalue weighted by atomic mass is 10.0. The average molecular weight is 249 g/mol. The number of ketones is 1. The Bertz CT molecular complexity index is 578. The van der Waals surface area contributed by atoms with Gasteiger partial charge in [-0.3, -0.25) is 4.79 Å². The summed E-state index contributed by atoms with van der Waals surface area (Å²) in [5, 5.41) is 0.593. The van der Waals surface area contributed by atoms with Crippen molar-refractivity contribution in [2.75, 3.05) is 0 Å². The third kappa shape index (κ3) is 2.37. The first-order valence-electron chi connectivity index (χ1n) is 5.15. The van der Waals surface area contributed by atoms with Crippen LogP contribution in [0.4, 0.5) is 4.39 Å². The van der Waals surface area contributed by atoms with Crippen molar-refractivity contribution in [1.29, 1.82) is 0 Å². The predicted octanol–water partition coefficient (Wildman–Crippen LogP) is 4.02. The summed E-state index contributed by atoms with van der Waals surface area (Å²) in [7, 11) is 0. The lowest BCUT2D eigenvalue weighted by molar-refractivity contribution is 0.103. The largest absolute Gasteiger partial charge is 0.288 e. The molecule has 3 heteroatoms. The van der Waals surface area contributed by atoms with Gasteiger partial charge in [-0.1, -0.05) is 23.7 Å². The van der Waals surface area contributed by atoms with Crippen molar-refractivity contribution < 1.29 is 9.18 Å². The summed E-state index contributed by atoms with van der Waals surface area (Å²) >= 11 is 5.88. The molecule has 86 valence electrons. The second-order valence-corrected chi connectivity index (χ2v) is 4.18. The molecule has 0 unspecified atom stereocenters. The highest BCUT2D eigenvalue weighted by atomic mass is 35.5. The van der Waals surface area contributed by atoms with E-state index in [0.29, 0.717) is 10.6 Å². The maximum absolute atomic E-state index is 13.5. The fourth-order valence-corrected chi connectivity index (χ4v) is 1.70. The number of benzene rings is 2. The summed E-state index contributed by atoms with van der Waals surface area (Å²) in [6, 6.07) is 10.8. The van der Waals surface area contributed by atoms with Crippen molar-refractivity contribution >= 4 is 17.4 Å². The van der Waals surface area contributed by atoms with Crippen molar-refractivity contribution in [3.63, 3.8) is 0 Å². The summed E-state index contributed by atoms with van der Waals surface area (Å²) in [6.45, 7) is 1.81. The van der Waals surface area contributed by atoms with Crippen molar-refractivity contribution in [1.82, 2.24) is 0 Å². The van der Waals surface area contributed by atoms with E-state index in [4.69, 9.17) is 11.6 Å². The van der Waals surface area contributed by atoms with Crippen LogP contribution >= 0.6 is 11.6 Å². The van der Waals surface area contributed by atoms with Crippen molar-refractivity contribution in [3.05, 3.63) is 70.0 Å². The number of halogens is 2. The Hall–Kier alpha value is -1.67. The summed E-state index contributed by atoms with van der Waals surface area (Å²) in [4.78, 5) is 12.0. The quantitative estimate of drug-likeness (QED) is 0.734. The molecule has 0 atom stereocenters.